The Morgan fingerprint density at radius 3 is 1.82 bits per heavy atom. The number of aryl methyl sites for hydroxylation is 2. The van der Waals surface area contributed by atoms with Gasteiger partial charge in [0, 0.05) is 0 Å². The van der Waals surface area contributed by atoms with E-state index in [0.717, 1.165) is 12.8 Å². The molecule has 0 spiro atoms. The highest BCUT2D eigenvalue weighted by atomic mass is 19.1. The summed E-state index contributed by atoms with van der Waals surface area (Å²) in [6, 6.07) is 17.5. The molecule has 0 nitrogen and oxygen atoms in total. The van der Waals surface area contributed by atoms with E-state index in [2.05, 4.69) is 55.5 Å². The Bertz CT molecular complexity index is 564. The van der Waals surface area contributed by atoms with Crippen molar-refractivity contribution in [1.82, 2.24) is 0 Å². The van der Waals surface area contributed by atoms with Crippen molar-refractivity contribution in [1.29, 1.82) is 0 Å². The van der Waals surface area contributed by atoms with Gasteiger partial charge in [-0.2, -0.15) is 0 Å². The molecule has 22 heavy (non-hydrogen) atoms. The maximum absolute atomic E-state index is 11.9. The van der Waals surface area contributed by atoms with Crippen LogP contribution in [0.25, 0.3) is 11.1 Å². The van der Waals surface area contributed by atoms with Crippen LogP contribution in [0, 0.1) is 0 Å². The summed E-state index contributed by atoms with van der Waals surface area (Å²) in [5, 5.41) is 0. The molecular weight excluding hydrogens is 271 g/mol. The van der Waals surface area contributed by atoms with Crippen molar-refractivity contribution in [3.63, 3.8) is 0 Å². The van der Waals surface area contributed by atoms with Crippen LogP contribution in [0.3, 0.4) is 0 Å². The van der Waals surface area contributed by atoms with E-state index in [9.17, 15) is 4.39 Å². The van der Waals surface area contributed by atoms with Crippen LogP contribution >= 0.6 is 0 Å². The molecule has 2 aromatic carbocycles. The van der Waals surface area contributed by atoms with E-state index in [1.165, 1.54) is 47.9 Å². The number of hydrogen-bond donors (Lipinski definition) is 0. The third-order valence-corrected chi connectivity index (χ3v) is 4.00. The summed E-state index contributed by atoms with van der Waals surface area (Å²) in [5.41, 5.74) is 5.17. The van der Waals surface area contributed by atoms with Gasteiger partial charge in [-0.25, -0.2) is 4.39 Å². The lowest BCUT2D eigenvalue weighted by atomic mass is 9.99. The van der Waals surface area contributed by atoms with Crippen LogP contribution in [-0.4, -0.2) is 0 Å². The summed E-state index contributed by atoms with van der Waals surface area (Å²) >= 11 is 0. The molecule has 0 amide bonds. The summed E-state index contributed by atoms with van der Waals surface area (Å²) in [6.07, 6.45) is 8.85. The van der Waals surface area contributed by atoms with Crippen molar-refractivity contribution in [2.24, 2.45) is 0 Å². The van der Waals surface area contributed by atoms with Crippen LogP contribution in [0.15, 0.2) is 60.9 Å². The second kappa shape index (κ2) is 9.19. The zero-order chi connectivity index (χ0) is 15.6. The maximum atomic E-state index is 11.9. The minimum atomic E-state index is 0.621. The third kappa shape index (κ3) is 5.14. The summed E-state index contributed by atoms with van der Waals surface area (Å²) in [4.78, 5) is 0. The van der Waals surface area contributed by atoms with Crippen LogP contribution in [0.4, 0.5) is 4.39 Å². The van der Waals surface area contributed by atoms with Gasteiger partial charge in [-0.3, -0.25) is 0 Å². The Hall–Kier alpha value is -1.89. The number of rotatable bonds is 8. The topological polar surface area (TPSA) is 0 Å². The predicted octanol–water partition coefficient (Wildman–Crippen LogP) is 6.50. The summed E-state index contributed by atoms with van der Waals surface area (Å²) in [6.45, 7) is 2.24. The van der Waals surface area contributed by atoms with Crippen molar-refractivity contribution in [2.75, 3.05) is 0 Å². The minimum absolute atomic E-state index is 0.621. The Morgan fingerprint density at radius 1 is 0.773 bits per heavy atom. The van der Waals surface area contributed by atoms with Crippen molar-refractivity contribution < 1.29 is 4.39 Å². The fourth-order valence-corrected chi connectivity index (χ4v) is 2.62. The standard InChI is InChI=1S/C21H25F/c1-2-3-4-7-18-9-13-20(14-10-18)21-15-11-19(12-16-21)8-5-6-17-22/h6,9-17H,2-5,7-8H2,1H3. The van der Waals surface area contributed by atoms with E-state index < -0.39 is 0 Å². The highest BCUT2D eigenvalue weighted by Crippen LogP contribution is 2.21. The number of benzene rings is 2. The first-order valence-corrected chi connectivity index (χ1v) is 8.27. The number of hydrogen-bond acceptors (Lipinski definition) is 0. The van der Waals surface area contributed by atoms with Gasteiger partial charge in [0.2, 0.25) is 0 Å². The van der Waals surface area contributed by atoms with Crippen molar-refractivity contribution in [2.45, 2.75) is 45.4 Å². The fourth-order valence-electron chi connectivity index (χ4n) is 2.62. The molecule has 2 rings (SSSR count). The average Bonchev–Trinajstić information content (AvgIpc) is 2.57. The summed E-state index contributed by atoms with van der Waals surface area (Å²) in [7, 11) is 0. The van der Waals surface area contributed by atoms with E-state index in [-0.39, 0.29) is 0 Å². The van der Waals surface area contributed by atoms with Gasteiger partial charge in [-0.1, -0.05) is 74.4 Å². The van der Waals surface area contributed by atoms with Crippen LogP contribution in [0.1, 0.15) is 43.7 Å². The average molecular weight is 296 g/mol. The van der Waals surface area contributed by atoms with E-state index >= 15 is 0 Å². The molecule has 2 aromatic rings. The van der Waals surface area contributed by atoms with Gasteiger partial charge in [0.1, 0.15) is 0 Å². The van der Waals surface area contributed by atoms with Crippen LogP contribution in [-0.2, 0) is 12.8 Å². The molecule has 0 N–H and O–H groups in total. The molecule has 116 valence electrons. The molecule has 0 radical (unpaired) electrons. The predicted molar refractivity (Wildman–Crippen MR) is 93.7 cm³/mol. The molecule has 0 unspecified atom stereocenters. The third-order valence-electron chi connectivity index (χ3n) is 4.00. The van der Waals surface area contributed by atoms with E-state index in [0.29, 0.717) is 6.33 Å². The lowest BCUT2D eigenvalue weighted by Crippen LogP contribution is -1.87. The quantitative estimate of drug-likeness (QED) is 0.488. The molecular formula is C21H25F. The van der Waals surface area contributed by atoms with Crippen molar-refractivity contribution in [3.05, 3.63) is 72.1 Å². The Labute approximate surface area is 133 Å². The largest absolute Gasteiger partial charge is 0.216 e. The molecule has 0 aromatic heterocycles. The van der Waals surface area contributed by atoms with Gasteiger partial charge in [0.25, 0.3) is 0 Å². The highest BCUT2D eigenvalue weighted by molar-refractivity contribution is 5.63. The lowest BCUT2D eigenvalue weighted by molar-refractivity contribution is 0.713. The van der Waals surface area contributed by atoms with Crippen LogP contribution in [0.5, 0.6) is 0 Å². The number of halogens is 1. The zero-order valence-corrected chi connectivity index (χ0v) is 13.4. The van der Waals surface area contributed by atoms with E-state index in [1.54, 1.807) is 6.08 Å². The molecule has 0 saturated heterocycles. The van der Waals surface area contributed by atoms with E-state index in [1.807, 2.05) is 0 Å². The first kappa shape index (κ1) is 16.5. The van der Waals surface area contributed by atoms with Gasteiger partial charge >= 0.3 is 0 Å². The van der Waals surface area contributed by atoms with Gasteiger partial charge < -0.3 is 0 Å². The number of allylic oxidation sites excluding steroid dienone is 1. The molecule has 0 heterocycles. The first-order chi connectivity index (χ1) is 10.8. The molecule has 0 bridgehead atoms. The normalized spacial score (nSPS) is 11.2. The molecule has 0 aliphatic heterocycles. The van der Waals surface area contributed by atoms with Gasteiger partial charge in [-0.15, -0.1) is 0 Å². The molecule has 0 fully saturated rings. The van der Waals surface area contributed by atoms with Gasteiger partial charge in [-0.05, 0) is 47.9 Å². The fraction of sp³-hybridized carbons (Fsp3) is 0.333. The Morgan fingerprint density at radius 2 is 1.32 bits per heavy atom. The van der Waals surface area contributed by atoms with Gasteiger partial charge in [0.15, 0.2) is 0 Å². The van der Waals surface area contributed by atoms with Gasteiger partial charge in [0.05, 0.1) is 6.33 Å². The SMILES string of the molecule is CCCCCc1ccc(-c2ccc(CCC=CF)cc2)cc1. The van der Waals surface area contributed by atoms with Crippen molar-refractivity contribution >= 4 is 0 Å². The molecule has 1 heteroatoms. The highest BCUT2D eigenvalue weighted by Gasteiger charge is 1.99. The Balaban J connectivity index is 1.96. The molecule has 0 saturated carbocycles. The van der Waals surface area contributed by atoms with E-state index in [4.69, 9.17) is 0 Å². The summed E-state index contributed by atoms with van der Waals surface area (Å²) < 4.78 is 11.9. The smallest absolute Gasteiger partial charge is 0.0827 e. The lowest BCUT2D eigenvalue weighted by Gasteiger charge is -2.06. The molecule has 0 aliphatic rings. The van der Waals surface area contributed by atoms with Crippen LogP contribution < -0.4 is 0 Å². The second-order valence-corrected chi connectivity index (χ2v) is 5.75. The molecule has 0 aliphatic carbocycles. The second-order valence-electron chi connectivity index (χ2n) is 5.75. The Kier molecular flexibility index (Phi) is 6.89. The zero-order valence-electron chi connectivity index (χ0n) is 13.4. The molecule has 0 atom stereocenters. The summed E-state index contributed by atoms with van der Waals surface area (Å²) in [5.74, 6) is 0. The monoisotopic (exact) mass is 296 g/mol. The van der Waals surface area contributed by atoms with Crippen LogP contribution in [0.2, 0.25) is 0 Å². The first-order valence-electron chi connectivity index (χ1n) is 8.27. The maximum Gasteiger partial charge on any atom is 0.0827 e. The number of unbranched alkanes of at least 4 members (excludes halogenated alkanes) is 2. The minimum Gasteiger partial charge on any atom is -0.216 e. The van der Waals surface area contributed by atoms with Crippen molar-refractivity contribution in [3.8, 4) is 11.1 Å².